The van der Waals surface area contributed by atoms with Gasteiger partial charge in [-0.25, -0.2) is 0 Å². The number of non-ortho nitro benzene ring substituents is 1. The van der Waals surface area contributed by atoms with Gasteiger partial charge in [-0.05, 0) is 26.0 Å². The molecule has 0 aliphatic rings. The maximum absolute atomic E-state index is 10.7. The van der Waals surface area contributed by atoms with Gasteiger partial charge in [0.25, 0.3) is 5.69 Å². The summed E-state index contributed by atoms with van der Waals surface area (Å²) in [6, 6.07) is 6.61. The number of aryl methyl sites for hydroxylation is 1. The van der Waals surface area contributed by atoms with Crippen LogP contribution in [0.25, 0.3) is 0 Å². The molecule has 1 heterocycles. The van der Waals surface area contributed by atoms with Gasteiger partial charge < -0.3 is 5.32 Å². The van der Waals surface area contributed by atoms with Crippen LogP contribution in [0.5, 0.6) is 0 Å². The van der Waals surface area contributed by atoms with E-state index in [-0.39, 0.29) is 10.6 Å². The van der Waals surface area contributed by atoms with Gasteiger partial charge >= 0.3 is 0 Å². The Morgan fingerprint density at radius 3 is 2.52 bits per heavy atom. The molecule has 112 valence electrons. The van der Waals surface area contributed by atoms with Gasteiger partial charge in [0, 0.05) is 29.9 Å². The lowest BCUT2D eigenvalue weighted by Gasteiger charge is -2.06. The fourth-order valence-corrected chi connectivity index (χ4v) is 2.29. The number of hydrogen-bond donors (Lipinski definition) is 1. The standard InChI is InChI=1S/C15H20N4O2/c1-4-16-9-15-11(2)17-18(12(15)3)10-13-5-7-14(8-6-13)19(20)21/h5-8,16H,4,9-10H2,1-3H3. The second kappa shape index (κ2) is 6.49. The lowest BCUT2D eigenvalue weighted by molar-refractivity contribution is -0.384. The second-order valence-electron chi connectivity index (χ2n) is 5.01. The molecule has 1 aromatic carbocycles. The summed E-state index contributed by atoms with van der Waals surface area (Å²) in [5.74, 6) is 0. The fourth-order valence-electron chi connectivity index (χ4n) is 2.29. The first-order valence-electron chi connectivity index (χ1n) is 6.99. The van der Waals surface area contributed by atoms with Crippen LogP contribution in [0, 0.1) is 24.0 Å². The second-order valence-corrected chi connectivity index (χ2v) is 5.01. The van der Waals surface area contributed by atoms with Gasteiger partial charge in [-0.2, -0.15) is 5.10 Å². The van der Waals surface area contributed by atoms with Crippen LogP contribution in [-0.2, 0) is 13.1 Å². The molecular weight excluding hydrogens is 268 g/mol. The topological polar surface area (TPSA) is 73.0 Å². The zero-order valence-electron chi connectivity index (χ0n) is 12.6. The summed E-state index contributed by atoms with van der Waals surface area (Å²) in [6.07, 6.45) is 0. The summed E-state index contributed by atoms with van der Waals surface area (Å²) in [6.45, 7) is 8.49. The first-order valence-corrected chi connectivity index (χ1v) is 6.99. The minimum absolute atomic E-state index is 0.111. The minimum Gasteiger partial charge on any atom is -0.313 e. The zero-order valence-corrected chi connectivity index (χ0v) is 12.6. The highest BCUT2D eigenvalue weighted by molar-refractivity contribution is 5.33. The molecule has 0 radical (unpaired) electrons. The van der Waals surface area contributed by atoms with Crippen molar-refractivity contribution in [3.8, 4) is 0 Å². The van der Waals surface area contributed by atoms with E-state index in [9.17, 15) is 10.1 Å². The van der Waals surface area contributed by atoms with E-state index in [4.69, 9.17) is 0 Å². The molecule has 0 aliphatic heterocycles. The third-order valence-electron chi connectivity index (χ3n) is 3.56. The van der Waals surface area contributed by atoms with E-state index in [1.807, 2.05) is 11.6 Å². The van der Waals surface area contributed by atoms with Crippen LogP contribution in [0.2, 0.25) is 0 Å². The average Bonchev–Trinajstić information content (AvgIpc) is 2.72. The Labute approximate surface area is 123 Å². The molecule has 6 nitrogen and oxygen atoms in total. The van der Waals surface area contributed by atoms with Crippen LogP contribution in [0.4, 0.5) is 5.69 Å². The van der Waals surface area contributed by atoms with Crippen molar-refractivity contribution >= 4 is 5.69 Å². The smallest absolute Gasteiger partial charge is 0.269 e. The number of aromatic nitrogens is 2. The first-order chi connectivity index (χ1) is 10.0. The van der Waals surface area contributed by atoms with Gasteiger partial charge in [-0.3, -0.25) is 14.8 Å². The molecule has 0 saturated carbocycles. The molecule has 0 aliphatic carbocycles. The Kier molecular flexibility index (Phi) is 4.70. The Hall–Kier alpha value is -2.21. The van der Waals surface area contributed by atoms with Crippen molar-refractivity contribution < 1.29 is 4.92 Å². The third kappa shape index (κ3) is 3.46. The molecule has 0 atom stereocenters. The van der Waals surface area contributed by atoms with Crippen LogP contribution in [0.3, 0.4) is 0 Å². The molecule has 6 heteroatoms. The van der Waals surface area contributed by atoms with E-state index in [2.05, 4.69) is 24.3 Å². The summed E-state index contributed by atoms with van der Waals surface area (Å²) in [7, 11) is 0. The molecule has 1 aromatic heterocycles. The van der Waals surface area contributed by atoms with Crippen LogP contribution in [-0.4, -0.2) is 21.2 Å². The SMILES string of the molecule is CCNCc1c(C)nn(Cc2ccc([N+](=O)[O-])cc2)c1C. The third-order valence-corrected chi connectivity index (χ3v) is 3.56. The summed E-state index contributed by atoms with van der Waals surface area (Å²) in [5.41, 5.74) is 4.49. The van der Waals surface area contributed by atoms with Crippen LogP contribution in [0.15, 0.2) is 24.3 Å². The highest BCUT2D eigenvalue weighted by Crippen LogP contribution is 2.16. The predicted octanol–water partition coefficient (Wildman–Crippen LogP) is 2.57. The van der Waals surface area contributed by atoms with E-state index in [0.717, 1.165) is 30.0 Å². The normalized spacial score (nSPS) is 10.8. The summed E-state index contributed by atoms with van der Waals surface area (Å²) < 4.78 is 1.95. The number of nitrogens with zero attached hydrogens (tertiary/aromatic N) is 3. The quantitative estimate of drug-likeness (QED) is 0.655. The van der Waals surface area contributed by atoms with Crippen molar-refractivity contribution in [3.63, 3.8) is 0 Å². The summed E-state index contributed by atoms with van der Waals surface area (Å²) in [4.78, 5) is 10.3. The van der Waals surface area contributed by atoms with E-state index in [1.54, 1.807) is 12.1 Å². The molecule has 2 aromatic rings. The van der Waals surface area contributed by atoms with Gasteiger partial charge in [-0.15, -0.1) is 0 Å². The molecule has 0 bridgehead atoms. The molecular formula is C15H20N4O2. The number of rotatable bonds is 6. The van der Waals surface area contributed by atoms with Crippen molar-refractivity contribution in [1.82, 2.24) is 15.1 Å². The number of nitrogens with one attached hydrogen (secondary N) is 1. The average molecular weight is 288 g/mol. The van der Waals surface area contributed by atoms with Gasteiger partial charge in [0.05, 0.1) is 17.2 Å². The molecule has 2 rings (SSSR count). The van der Waals surface area contributed by atoms with Crippen molar-refractivity contribution in [3.05, 3.63) is 56.9 Å². The maximum Gasteiger partial charge on any atom is 0.269 e. The molecule has 1 N–H and O–H groups in total. The van der Waals surface area contributed by atoms with Crippen molar-refractivity contribution in [2.45, 2.75) is 33.9 Å². The van der Waals surface area contributed by atoms with Crippen LogP contribution >= 0.6 is 0 Å². The van der Waals surface area contributed by atoms with E-state index in [0.29, 0.717) is 6.54 Å². The summed E-state index contributed by atoms with van der Waals surface area (Å²) >= 11 is 0. The lowest BCUT2D eigenvalue weighted by Crippen LogP contribution is -2.13. The molecule has 0 amide bonds. The van der Waals surface area contributed by atoms with Crippen LogP contribution < -0.4 is 5.32 Å². The Balaban J connectivity index is 2.17. The number of nitro groups is 1. The largest absolute Gasteiger partial charge is 0.313 e. The molecule has 21 heavy (non-hydrogen) atoms. The Bertz CT molecular complexity index is 632. The predicted molar refractivity (Wildman–Crippen MR) is 81.3 cm³/mol. The minimum atomic E-state index is -0.387. The fraction of sp³-hybridized carbons (Fsp3) is 0.400. The highest BCUT2D eigenvalue weighted by Gasteiger charge is 2.11. The maximum atomic E-state index is 10.7. The number of hydrogen-bond acceptors (Lipinski definition) is 4. The lowest BCUT2D eigenvalue weighted by atomic mass is 10.2. The molecule has 0 saturated heterocycles. The van der Waals surface area contributed by atoms with Gasteiger partial charge in [0.1, 0.15) is 0 Å². The van der Waals surface area contributed by atoms with E-state index < -0.39 is 0 Å². The van der Waals surface area contributed by atoms with Crippen molar-refractivity contribution in [2.24, 2.45) is 0 Å². The van der Waals surface area contributed by atoms with Gasteiger partial charge in [0.2, 0.25) is 0 Å². The summed E-state index contributed by atoms with van der Waals surface area (Å²) in [5, 5.41) is 18.5. The van der Waals surface area contributed by atoms with Crippen molar-refractivity contribution in [2.75, 3.05) is 6.54 Å². The Morgan fingerprint density at radius 2 is 1.95 bits per heavy atom. The van der Waals surface area contributed by atoms with E-state index in [1.165, 1.54) is 17.7 Å². The zero-order chi connectivity index (χ0) is 15.4. The molecule has 0 spiro atoms. The Morgan fingerprint density at radius 1 is 1.29 bits per heavy atom. The number of nitro benzene ring substituents is 1. The van der Waals surface area contributed by atoms with Crippen molar-refractivity contribution in [1.29, 1.82) is 0 Å². The van der Waals surface area contributed by atoms with Gasteiger partial charge in [0.15, 0.2) is 0 Å². The first kappa shape index (κ1) is 15.2. The molecule has 0 fully saturated rings. The number of benzene rings is 1. The van der Waals surface area contributed by atoms with Crippen LogP contribution in [0.1, 0.15) is 29.4 Å². The highest BCUT2D eigenvalue weighted by atomic mass is 16.6. The van der Waals surface area contributed by atoms with Gasteiger partial charge in [-0.1, -0.05) is 19.1 Å². The monoisotopic (exact) mass is 288 g/mol. The molecule has 0 unspecified atom stereocenters. The van der Waals surface area contributed by atoms with E-state index >= 15 is 0 Å².